The summed E-state index contributed by atoms with van der Waals surface area (Å²) in [7, 11) is 0. The van der Waals surface area contributed by atoms with Crippen molar-refractivity contribution in [1.82, 2.24) is 0 Å². The van der Waals surface area contributed by atoms with E-state index in [9.17, 15) is 0 Å². The van der Waals surface area contributed by atoms with Crippen LogP contribution in [-0.4, -0.2) is 25.4 Å². The molecule has 56 valence electrons. The molecule has 4 unspecified atom stereocenters. The highest BCUT2D eigenvalue weighted by Gasteiger charge is 2.49. The van der Waals surface area contributed by atoms with Crippen LogP contribution < -0.4 is 0 Å². The fourth-order valence-corrected chi connectivity index (χ4v) is 2.35. The molecule has 10 heavy (non-hydrogen) atoms. The molecule has 1 saturated carbocycles. The number of epoxide rings is 1. The van der Waals surface area contributed by atoms with Crippen LogP contribution in [0.2, 0.25) is 0 Å². The topological polar surface area (TPSA) is 21.8 Å². The highest BCUT2D eigenvalue weighted by molar-refractivity contribution is 4.97. The molecule has 0 aromatic rings. The van der Waals surface area contributed by atoms with Crippen LogP contribution in [-0.2, 0) is 9.47 Å². The normalized spacial score (nSPS) is 57.6. The highest BCUT2D eigenvalue weighted by atomic mass is 16.6. The number of hydrogen-bond donors (Lipinski definition) is 0. The summed E-state index contributed by atoms with van der Waals surface area (Å²) in [5.41, 5.74) is 0. The smallest absolute Gasteiger partial charge is 0.0845 e. The molecule has 2 nitrogen and oxygen atoms in total. The van der Waals surface area contributed by atoms with Gasteiger partial charge in [-0.3, -0.25) is 0 Å². The van der Waals surface area contributed by atoms with Crippen LogP contribution in [0.5, 0.6) is 0 Å². The van der Waals surface area contributed by atoms with Gasteiger partial charge in [0.25, 0.3) is 0 Å². The third-order valence-corrected chi connectivity index (χ3v) is 3.09. The third-order valence-electron chi connectivity index (χ3n) is 3.09. The molecule has 2 saturated heterocycles. The Morgan fingerprint density at radius 3 is 2.10 bits per heavy atom. The highest BCUT2D eigenvalue weighted by Crippen LogP contribution is 2.45. The zero-order chi connectivity index (χ0) is 6.55. The largest absolute Gasteiger partial charge is 0.381 e. The Kier molecular flexibility index (Phi) is 0.968. The minimum atomic E-state index is 0.628. The van der Waals surface area contributed by atoms with Gasteiger partial charge in [-0.2, -0.15) is 0 Å². The second kappa shape index (κ2) is 1.74. The van der Waals surface area contributed by atoms with Crippen LogP contribution in [0.3, 0.4) is 0 Å². The van der Waals surface area contributed by atoms with Gasteiger partial charge in [0.15, 0.2) is 0 Å². The number of ether oxygens (including phenoxy) is 2. The van der Waals surface area contributed by atoms with Crippen molar-refractivity contribution < 1.29 is 9.47 Å². The van der Waals surface area contributed by atoms with Crippen molar-refractivity contribution in [1.29, 1.82) is 0 Å². The van der Waals surface area contributed by atoms with E-state index >= 15 is 0 Å². The number of hydrogen-bond acceptors (Lipinski definition) is 2. The summed E-state index contributed by atoms with van der Waals surface area (Å²) < 4.78 is 10.9. The van der Waals surface area contributed by atoms with Crippen molar-refractivity contribution in [2.75, 3.05) is 13.2 Å². The van der Waals surface area contributed by atoms with E-state index in [0.29, 0.717) is 12.2 Å². The number of fused-ring (bicyclic) bond motifs is 2. The first-order chi connectivity index (χ1) is 4.93. The summed E-state index contributed by atoms with van der Waals surface area (Å²) >= 11 is 0. The predicted octanol–water partition coefficient (Wildman–Crippen LogP) is 0.810. The lowest BCUT2D eigenvalue weighted by atomic mass is 9.82. The van der Waals surface area contributed by atoms with E-state index in [0.717, 1.165) is 25.0 Å². The molecular weight excluding hydrogens is 128 g/mol. The summed E-state index contributed by atoms with van der Waals surface area (Å²) in [4.78, 5) is 0. The molecule has 2 heterocycles. The minimum absolute atomic E-state index is 0.628. The van der Waals surface area contributed by atoms with Crippen molar-refractivity contribution in [3.63, 3.8) is 0 Å². The number of rotatable bonds is 0. The van der Waals surface area contributed by atoms with Gasteiger partial charge in [0, 0.05) is 13.2 Å². The Balaban J connectivity index is 1.78. The van der Waals surface area contributed by atoms with Gasteiger partial charge in [0.05, 0.1) is 12.2 Å². The molecule has 0 spiro atoms. The van der Waals surface area contributed by atoms with E-state index in [4.69, 9.17) is 9.47 Å². The van der Waals surface area contributed by atoms with Gasteiger partial charge in [-0.1, -0.05) is 0 Å². The van der Waals surface area contributed by atoms with Gasteiger partial charge in [0.1, 0.15) is 0 Å². The Labute approximate surface area is 60.5 Å². The second-order valence-electron chi connectivity index (χ2n) is 3.74. The van der Waals surface area contributed by atoms with Crippen LogP contribution in [0.1, 0.15) is 12.8 Å². The Hall–Kier alpha value is -0.0800. The zero-order valence-corrected chi connectivity index (χ0v) is 5.95. The molecule has 0 bridgehead atoms. The third kappa shape index (κ3) is 0.663. The van der Waals surface area contributed by atoms with Crippen LogP contribution >= 0.6 is 0 Å². The molecule has 3 aliphatic rings. The maximum Gasteiger partial charge on any atom is 0.0845 e. The molecule has 3 rings (SSSR count). The Morgan fingerprint density at radius 1 is 0.900 bits per heavy atom. The lowest BCUT2D eigenvalue weighted by Crippen LogP contribution is -2.22. The van der Waals surface area contributed by atoms with Crippen LogP contribution in [0, 0.1) is 11.8 Å². The molecule has 2 heteroatoms. The maximum absolute atomic E-state index is 5.46. The summed E-state index contributed by atoms with van der Waals surface area (Å²) in [6, 6.07) is 0. The van der Waals surface area contributed by atoms with Crippen LogP contribution in [0.15, 0.2) is 0 Å². The first-order valence-electron chi connectivity index (χ1n) is 4.16. The predicted molar refractivity (Wildman–Crippen MR) is 35.7 cm³/mol. The van der Waals surface area contributed by atoms with E-state index in [-0.39, 0.29) is 0 Å². The Morgan fingerprint density at radius 2 is 1.50 bits per heavy atom. The molecular formula is C8H12O2. The van der Waals surface area contributed by atoms with Crippen molar-refractivity contribution >= 4 is 0 Å². The van der Waals surface area contributed by atoms with E-state index < -0.39 is 0 Å². The molecule has 2 aliphatic heterocycles. The van der Waals surface area contributed by atoms with Crippen molar-refractivity contribution in [2.24, 2.45) is 11.8 Å². The lowest BCUT2D eigenvalue weighted by Gasteiger charge is -2.18. The summed E-state index contributed by atoms with van der Waals surface area (Å²) in [6.45, 7) is 1.99. The van der Waals surface area contributed by atoms with Crippen LogP contribution in [0.25, 0.3) is 0 Å². The maximum atomic E-state index is 5.46. The molecule has 3 fully saturated rings. The quantitative estimate of drug-likeness (QED) is 0.464. The molecule has 0 amide bonds. The van der Waals surface area contributed by atoms with Gasteiger partial charge in [-0.25, -0.2) is 0 Å². The van der Waals surface area contributed by atoms with Gasteiger partial charge in [0.2, 0.25) is 0 Å². The lowest BCUT2D eigenvalue weighted by molar-refractivity contribution is 0.175. The van der Waals surface area contributed by atoms with Crippen molar-refractivity contribution in [3.05, 3.63) is 0 Å². The van der Waals surface area contributed by atoms with Gasteiger partial charge >= 0.3 is 0 Å². The average molecular weight is 140 g/mol. The van der Waals surface area contributed by atoms with Crippen molar-refractivity contribution in [2.45, 2.75) is 25.0 Å². The molecule has 4 atom stereocenters. The van der Waals surface area contributed by atoms with Gasteiger partial charge < -0.3 is 9.47 Å². The molecule has 0 N–H and O–H groups in total. The zero-order valence-electron chi connectivity index (χ0n) is 5.95. The average Bonchev–Trinajstić information content (AvgIpc) is 2.52. The first kappa shape index (κ1) is 5.56. The molecule has 0 radical (unpaired) electrons. The van der Waals surface area contributed by atoms with Gasteiger partial charge in [-0.15, -0.1) is 0 Å². The summed E-state index contributed by atoms with van der Waals surface area (Å²) in [5.74, 6) is 1.67. The van der Waals surface area contributed by atoms with E-state index in [1.807, 2.05) is 0 Å². The Bertz CT molecular complexity index is 141. The minimum Gasteiger partial charge on any atom is -0.381 e. The fourth-order valence-electron chi connectivity index (χ4n) is 2.35. The fraction of sp³-hybridized carbons (Fsp3) is 1.00. The first-order valence-corrected chi connectivity index (χ1v) is 4.16. The van der Waals surface area contributed by atoms with Gasteiger partial charge in [-0.05, 0) is 24.7 Å². The molecule has 0 aromatic carbocycles. The molecule has 0 aromatic heterocycles. The second-order valence-corrected chi connectivity index (χ2v) is 3.74. The SMILES string of the molecule is C1OCC2CC3OC3CC12. The van der Waals surface area contributed by atoms with E-state index in [1.165, 1.54) is 12.8 Å². The van der Waals surface area contributed by atoms with Crippen LogP contribution in [0.4, 0.5) is 0 Å². The van der Waals surface area contributed by atoms with E-state index in [1.54, 1.807) is 0 Å². The molecule has 1 aliphatic carbocycles. The summed E-state index contributed by atoms with van der Waals surface area (Å²) in [5, 5.41) is 0. The van der Waals surface area contributed by atoms with E-state index in [2.05, 4.69) is 0 Å². The van der Waals surface area contributed by atoms with Crippen molar-refractivity contribution in [3.8, 4) is 0 Å². The monoisotopic (exact) mass is 140 g/mol. The summed E-state index contributed by atoms with van der Waals surface area (Å²) in [6.07, 6.45) is 3.80. The standard InChI is InChI=1S/C8H12O2/c1-5-3-9-4-6(5)2-8-7(1)10-8/h5-8H,1-4H2.